The van der Waals surface area contributed by atoms with Gasteiger partial charge in [-0.2, -0.15) is 0 Å². The largest absolute Gasteiger partial charge is 0.265 e. The predicted molar refractivity (Wildman–Crippen MR) is 82.5 cm³/mol. The minimum Gasteiger partial charge on any atom is -0.265 e. The fourth-order valence-corrected chi connectivity index (χ4v) is 3.50. The van der Waals surface area contributed by atoms with Crippen molar-refractivity contribution >= 4 is 27.7 Å². The highest BCUT2D eigenvalue weighted by Crippen LogP contribution is 2.40. The summed E-state index contributed by atoms with van der Waals surface area (Å²) < 4.78 is 0. The number of hydrogen-bond acceptors (Lipinski definition) is 2. The summed E-state index contributed by atoms with van der Waals surface area (Å²) in [5.74, 6) is 0.418. The van der Waals surface area contributed by atoms with Gasteiger partial charge in [-0.15, -0.1) is 11.8 Å². The maximum absolute atomic E-state index is 4.07. The van der Waals surface area contributed by atoms with Crippen molar-refractivity contribution < 1.29 is 0 Å². The van der Waals surface area contributed by atoms with Gasteiger partial charge in [-0.1, -0.05) is 41.1 Å². The zero-order valence-corrected chi connectivity index (χ0v) is 12.9. The zero-order valence-electron chi connectivity index (χ0n) is 10.5. The SMILES string of the molecule is CSc1ccccc1C(Br)C(C)c1ccncc1. The Labute approximate surface area is 121 Å². The Morgan fingerprint density at radius 2 is 1.78 bits per heavy atom. The summed E-state index contributed by atoms with van der Waals surface area (Å²) in [5.41, 5.74) is 2.66. The molecule has 1 aromatic heterocycles. The van der Waals surface area contributed by atoms with Gasteiger partial charge in [0.05, 0.1) is 0 Å². The topological polar surface area (TPSA) is 12.9 Å². The number of benzene rings is 1. The Balaban J connectivity index is 2.28. The van der Waals surface area contributed by atoms with E-state index < -0.39 is 0 Å². The van der Waals surface area contributed by atoms with Crippen molar-refractivity contribution in [1.29, 1.82) is 0 Å². The molecular formula is C15H16BrNS. The van der Waals surface area contributed by atoms with Crippen LogP contribution in [0.5, 0.6) is 0 Å². The Morgan fingerprint density at radius 3 is 2.44 bits per heavy atom. The molecule has 0 radical (unpaired) electrons. The second-order valence-electron chi connectivity index (χ2n) is 4.21. The lowest BCUT2D eigenvalue weighted by atomic mass is 9.94. The molecular weight excluding hydrogens is 306 g/mol. The van der Waals surface area contributed by atoms with Gasteiger partial charge in [-0.05, 0) is 41.5 Å². The first-order valence-corrected chi connectivity index (χ1v) is 8.05. The van der Waals surface area contributed by atoms with Gasteiger partial charge < -0.3 is 0 Å². The molecule has 0 N–H and O–H groups in total. The van der Waals surface area contributed by atoms with Crippen LogP contribution in [-0.2, 0) is 0 Å². The monoisotopic (exact) mass is 321 g/mol. The van der Waals surface area contributed by atoms with Gasteiger partial charge in [0.2, 0.25) is 0 Å². The van der Waals surface area contributed by atoms with Crippen LogP contribution in [0.1, 0.15) is 28.8 Å². The molecule has 0 fully saturated rings. The fraction of sp³-hybridized carbons (Fsp3) is 0.267. The van der Waals surface area contributed by atoms with E-state index in [4.69, 9.17) is 0 Å². The first-order chi connectivity index (χ1) is 8.74. The standard InChI is InChI=1S/C15H16BrNS/c1-11(12-7-9-17-10-8-12)15(16)13-5-3-4-6-14(13)18-2/h3-11,15H,1-2H3. The van der Waals surface area contributed by atoms with E-state index in [9.17, 15) is 0 Å². The summed E-state index contributed by atoms with van der Waals surface area (Å²) in [6, 6.07) is 12.7. The highest BCUT2D eigenvalue weighted by molar-refractivity contribution is 9.09. The average Bonchev–Trinajstić information content (AvgIpc) is 2.46. The number of halogens is 1. The Hall–Kier alpha value is -0.800. The minimum absolute atomic E-state index is 0.323. The normalized spacial score (nSPS) is 14.2. The molecule has 0 amide bonds. The van der Waals surface area contributed by atoms with Gasteiger partial charge in [-0.3, -0.25) is 4.98 Å². The lowest BCUT2D eigenvalue weighted by molar-refractivity contribution is 0.740. The molecule has 0 saturated heterocycles. The molecule has 0 aliphatic heterocycles. The van der Waals surface area contributed by atoms with E-state index in [0.717, 1.165) is 0 Å². The molecule has 2 atom stereocenters. The molecule has 0 aliphatic carbocycles. The maximum atomic E-state index is 4.07. The number of pyridine rings is 1. The zero-order chi connectivity index (χ0) is 13.0. The number of rotatable bonds is 4. The molecule has 0 aliphatic rings. The molecule has 0 saturated carbocycles. The van der Waals surface area contributed by atoms with Gasteiger partial charge in [0, 0.05) is 22.1 Å². The smallest absolute Gasteiger partial charge is 0.0472 e. The summed E-state index contributed by atoms with van der Waals surface area (Å²) in [6.07, 6.45) is 5.83. The van der Waals surface area contributed by atoms with Crippen molar-refractivity contribution in [3.63, 3.8) is 0 Å². The van der Waals surface area contributed by atoms with Crippen LogP contribution in [0.2, 0.25) is 0 Å². The molecule has 2 unspecified atom stereocenters. The van der Waals surface area contributed by atoms with Gasteiger partial charge in [0.15, 0.2) is 0 Å². The Bertz CT molecular complexity index is 501. The first kappa shape index (κ1) is 13.6. The summed E-state index contributed by atoms with van der Waals surface area (Å²) in [5, 5.41) is 0. The van der Waals surface area contributed by atoms with Gasteiger partial charge in [-0.25, -0.2) is 0 Å². The average molecular weight is 322 g/mol. The van der Waals surface area contributed by atoms with E-state index in [1.54, 1.807) is 11.8 Å². The van der Waals surface area contributed by atoms with Crippen molar-refractivity contribution in [2.45, 2.75) is 22.6 Å². The van der Waals surface area contributed by atoms with Gasteiger partial charge in [0.25, 0.3) is 0 Å². The fourth-order valence-electron chi connectivity index (χ4n) is 2.00. The van der Waals surface area contributed by atoms with E-state index in [0.29, 0.717) is 10.7 Å². The molecule has 0 bridgehead atoms. The molecule has 2 aromatic rings. The van der Waals surface area contributed by atoms with E-state index >= 15 is 0 Å². The molecule has 2 rings (SSSR count). The summed E-state index contributed by atoms with van der Waals surface area (Å²) >= 11 is 5.64. The van der Waals surface area contributed by atoms with Crippen LogP contribution in [0.4, 0.5) is 0 Å². The predicted octanol–water partition coefficient (Wildman–Crippen LogP) is 5.04. The van der Waals surface area contributed by atoms with Gasteiger partial charge >= 0.3 is 0 Å². The first-order valence-electron chi connectivity index (χ1n) is 5.91. The third-order valence-corrected chi connectivity index (χ3v) is 5.20. The number of aromatic nitrogens is 1. The number of nitrogens with zero attached hydrogens (tertiary/aromatic N) is 1. The van der Waals surface area contributed by atoms with Crippen LogP contribution in [-0.4, -0.2) is 11.2 Å². The van der Waals surface area contributed by atoms with Gasteiger partial charge in [0.1, 0.15) is 0 Å². The number of hydrogen-bond donors (Lipinski definition) is 0. The minimum atomic E-state index is 0.323. The van der Waals surface area contributed by atoms with Crippen LogP contribution >= 0.6 is 27.7 Å². The van der Waals surface area contributed by atoms with Crippen LogP contribution < -0.4 is 0 Å². The second-order valence-corrected chi connectivity index (χ2v) is 6.05. The molecule has 0 spiro atoms. The second kappa shape index (κ2) is 6.39. The van der Waals surface area contributed by atoms with Crippen LogP contribution in [0.3, 0.4) is 0 Å². The summed E-state index contributed by atoms with van der Waals surface area (Å²) in [7, 11) is 0. The molecule has 1 aromatic carbocycles. The van der Waals surface area contributed by atoms with Crippen molar-refractivity contribution in [2.75, 3.05) is 6.26 Å². The van der Waals surface area contributed by atoms with Crippen LogP contribution in [0.15, 0.2) is 53.7 Å². The Morgan fingerprint density at radius 1 is 1.11 bits per heavy atom. The quantitative estimate of drug-likeness (QED) is 0.577. The molecule has 94 valence electrons. The van der Waals surface area contributed by atoms with E-state index in [2.05, 4.69) is 70.5 Å². The number of thioether (sulfide) groups is 1. The third kappa shape index (κ3) is 2.96. The maximum Gasteiger partial charge on any atom is 0.0472 e. The molecule has 1 heterocycles. The van der Waals surface area contributed by atoms with E-state index in [1.165, 1.54) is 16.0 Å². The number of alkyl halides is 1. The summed E-state index contributed by atoms with van der Waals surface area (Å²) in [6.45, 7) is 2.24. The van der Waals surface area contributed by atoms with Crippen LogP contribution in [0, 0.1) is 0 Å². The third-order valence-electron chi connectivity index (χ3n) is 3.11. The Kier molecular flexibility index (Phi) is 4.84. The lowest BCUT2D eigenvalue weighted by Gasteiger charge is -2.21. The van der Waals surface area contributed by atoms with E-state index in [1.807, 2.05) is 12.4 Å². The van der Waals surface area contributed by atoms with Crippen molar-refractivity contribution in [3.8, 4) is 0 Å². The molecule has 3 heteroatoms. The lowest BCUT2D eigenvalue weighted by Crippen LogP contribution is -2.03. The molecule has 1 nitrogen and oxygen atoms in total. The van der Waals surface area contributed by atoms with Crippen LogP contribution in [0.25, 0.3) is 0 Å². The summed E-state index contributed by atoms with van der Waals surface area (Å²) in [4.78, 5) is 5.73. The van der Waals surface area contributed by atoms with Crippen molar-refractivity contribution in [3.05, 3.63) is 59.9 Å². The molecule has 18 heavy (non-hydrogen) atoms. The van der Waals surface area contributed by atoms with E-state index in [-0.39, 0.29) is 0 Å². The van der Waals surface area contributed by atoms with Crippen molar-refractivity contribution in [1.82, 2.24) is 4.98 Å². The highest BCUT2D eigenvalue weighted by Gasteiger charge is 2.20. The van der Waals surface area contributed by atoms with Crippen molar-refractivity contribution in [2.24, 2.45) is 0 Å². The highest BCUT2D eigenvalue weighted by atomic mass is 79.9.